The zero-order valence-corrected chi connectivity index (χ0v) is 32.7. The minimum Gasteiger partial charge on any atom is -0.475 e. The molecule has 1 amide bonds. The SMILES string of the molecule is Cc1cccc(C)c1-c1cc2nc(n1)NS(=O)(=O)c1cccc(c1)C(=O)N(Cc1cccc(N(CC3CCOCC3)C(C)C)n1)[C@H](CC(C)(C)C)CO2. The fraction of sp³-hybridized carbons (Fsp3) is 0.463. The molecule has 0 saturated carbocycles. The van der Waals surface area contributed by atoms with E-state index in [1.807, 2.05) is 50.2 Å². The third-order valence-corrected chi connectivity index (χ3v) is 11.2. The molecule has 2 aromatic heterocycles. The van der Waals surface area contributed by atoms with Gasteiger partial charge in [-0.2, -0.15) is 4.98 Å². The van der Waals surface area contributed by atoms with Crippen molar-refractivity contribution in [2.75, 3.05) is 36.0 Å². The van der Waals surface area contributed by atoms with Crippen molar-refractivity contribution < 1.29 is 22.7 Å². The summed E-state index contributed by atoms with van der Waals surface area (Å²) in [5.41, 5.74) is 4.14. The van der Waals surface area contributed by atoms with E-state index < -0.39 is 16.1 Å². The lowest BCUT2D eigenvalue weighted by Crippen LogP contribution is -2.45. The smallest absolute Gasteiger partial charge is 0.264 e. The molecule has 282 valence electrons. The van der Waals surface area contributed by atoms with E-state index in [-0.39, 0.29) is 52.8 Å². The normalized spacial score (nSPS) is 18.0. The van der Waals surface area contributed by atoms with Crippen molar-refractivity contribution in [1.29, 1.82) is 0 Å². The highest BCUT2D eigenvalue weighted by Gasteiger charge is 2.32. The van der Waals surface area contributed by atoms with Crippen LogP contribution >= 0.6 is 0 Å². The molecule has 1 N–H and O–H groups in total. The van der Waals surface area contributed by atoms with Crippen LogP contribution in [0.3, 0.4) is 0 Å². The molecule has 0 spiro atoms. The van der Waals surface area contributed by atoms with E-state index >= 15 is 0 Å². The fourth-order valence-electron chi connectivity index (χ4n) is 7.21. The molecule has 0 unspecified atom stereocenters. The first kappa shape index (κ1) is 38.2. The molecule has 6 rings (SSSR count). The molecule has 1 fully saturated rings. The maximum atomic E-state index is 14.7. The second-order valence-corrected chi connectivity index (χ2v) is 17.4. The summed E-state index contributed by atoms with van der Waals surface area (Å²) in [4.78, 5) is 33.0. The molecule has 12 heteroatoms. The molecule has 11 nitrogen and oxygen atoms in total. The lowest BCUT2D eigenvalue weighted by atomic mass is 9.87. The summed E-state index contributed by atoms with van der Waals surface area (Å²) in [7, 11) is -4.18. The van der Waals surface area contributed by atoms with Crippen molar-refractivity contribution >= 4 is 27.7 Å². The number of anilines is 2. The molecule has 4 aromatic rings. The van der Waals surface area contributed by atoms with Crippen LogP contribution in [0, 0.1) is 25.2 Å². The highest BCUT2D eigenvalue weighted by Crippen LogP contribution is 2.32. The number of rotatable bonds is 8. The van der Waals surface area contributed by atoms with Crippen molar-refractivity contribution in [2.24, 2.45) is 11.3 Å². The Bertz CT molecular complexity index is 2020. The maximum absolute atomic E-state index is 14.7. The van der Waals surface area contributed by atoms with Crippen molar-refractivity contribution in [3.63, 3.8) is 0 Å². The van der Waals surface area contributed by atoms with Crippen LogP contribution < -0.4 is 14.4 Å². The van der Waals surface area contributed by atoms with E-state index in [9.17, 15) is 13.2 Å². The Morgan fingerprint density at radius 2 is 1.64 bits per heavy atom. The minimum atomic E-state index is -4.18. The Labute approximate surface area is 314 Å². The number of nitrogens with one attached hydrogen (secondary N) is 1. The average Bonchev–Trinajstić information content (AvgIpc) is 3.10. The average molecular weight is 741 g/mol. The first-order chi connectivity index (χ1) is 25.2. The third kappa shape index (κ3) is 9.34. The number of benzene rings is 2. The van der Waals surface area contributed by atoms with Crippen LogP contribution in [0.25, 0.3) is 11.3 Å². The minimum absolute atomic E-state index is 0.0701. The molecule has 2 aromatic carbocycles. The van der Waals surface area contributed by atoms with Gasteiger partial charge in [0, 0.05) is 43.0 Å². The number of ether oxygens (including phenoxy) is 2. The zero-order valence-electron chi connectivity index (χ0n) is 31.9. The Morgan fingerprint density at radius 3 is 2.34 bits per heavy atom. The number of aryl methyl sites for hydroxylation is 2. The molecule has 1 atom stereocenters. The zero-order chi connectivity index (χ0) is 37.9. The van der Waals surface area contributed by atoms with Crippen LogP contribution in [-0.4, -0.2) is 72.6 Å². The topological polar surface area (TPSA) is 127 Å². The summed E-state index contributed by atoms with van der Waals surface area (Å²) < 4.78 is 42.2. The summed E-state index contributed by atoms with van der Waals surface area (Å²) in [6.07, 6.45) is 2.63. The fourth-order valence-corrected chi connectivity index (χ4v) is 8.20. The van der Waals surface area contributed by atoms with E-state index in [1.54, 1.807) is 23.1 Å². The van der Waals surface area contributed by atoms with E-state index in [2.05, 4.69) is 54.2 Å². The number of amides is 1. The molecular formula is C41H52N6O5S. The first-order valence-corrected chi connectivity index (χ1v) is 20.0. The van der Waals surface area contributed by atoms with Gasteiger partial charge < -0.3 is 19.3 Å². The highest BCUT2D eigenvalue weighted by molar-refractivity contribution is 7.92. The standard InChI is InChI=1S/C41H52N6O5S/c1-27(2)46(24-30-17-19-51-20-18-30)36-16-10-14-32(42-36)25-47-33(23-41(5,6)7)26-52-37-22-35(38-28(3)11-8-12-29(38)4)43-40(44-37)45-53(49,50)34-15-9-13-31(21-34)39(47)48/h8-16,21-22,27,30,33H,17-20,23-26H2,1-7H3,(H,43,44,45)/t33-/m1/s1. The number of carbonyl (C=O) groups is 1. The van der Waals surface area contributed by atoms with Crippen LogP contribution in [0.4, 0.5) is 11.8 Å². The largest absolute Gasteiger partial charge is 0.475 e. The van der Waals surface area contributed by atoms with Gasteiger partial charge in [0.05, 0.1) is 28.9 Å². The highest BCUT2D eigenvalue weighted by atomic mass is 32.2. The molecule has 0 radical (unpaired) electrons. The van der Waals surface area contributed by atoms with Crippen molar-refractivity contribution in [1.82, 2.24) is 19.9 Å². The number of fused-ring (bicyclic) bond motifs is 4. The van der Waals surface area contributed by atoms with Crippen molar-refractivity contribution in [2.45, 2.75) is 91.3 Å². The molecule has 4 heterocycles. The quantitative estimate of drug-likeness (QED) is 0.196. The van der Waals surface area contributed by atoms with Crippen LogP contribution in [0.5, 0.6) is 5.88 Å². The van der Waals surface area contributed by atoms with Gasteiger partial charge >= 0.3 is 0 Å². The van der Waals surface area contributed by atoms with Crippen molar-refractivity contribution in [3.05, 3.63) is 89.1 Å². The Balaban J connectivity index is 1.43. The number of nitrogens with zero attached hydrogens (tertiary/aromatic N) is 5. The van der Waals surface area contributed by atoms with E-state index in [0.717, 1.165) is 60.8 Å². The third-order valence-electron chi connectivity index (χ3n) is 9.87. The maximum Gasteiger partial charge on any atom is 0.264 e. The van der Waals surface area contributed by atoms with Gasteiger partial charge in [-0.25, -0.2) is 23.1 Å². The summed E-state index contributed by atoms with van der Waals surface area (Å²) in [5, 5.41) is 0. The van der Waals surface area contributed by atoms with Gasteiger partial charge in [-0.15, -0.1) is 0 Å². The predicted molar refractivity (Wildman–Crippen MR) is 208 cm³/mol. The predicted octanol–water partition coefficient (Wildman–Crippen LogP) is 7.44. The summed E-state index contributed by atoms with van der Waals surface area (Å²) >= 11 is 0. The number of pyridine rings is 1. The molecule has 0 aliphatic carbocycles. The van der Waals surface area contributed by atoms with E-state index in [1.165, 1.54) is 12.1 Å². The molecule has 1 saturated heterocycles. The second-order valence-electron chi connectivity index (χ2n) is 15.8. The van der Waals surface area contributed by atoms with Gasteiger partial charge in [-0.1, -0.05) is 51.1 Å². The van der Waals surface area contributed by atoms with Gasteiger partial charge in [0.2, 0.25) is 11.8 Å². The van der Waals surface area contributed by atoms with Gasteiger partial charge in [0.1, 0.15) is 12.4 Å². The molecule has 2 aliphatic heterocycles. The Kier molecular flexibility index (Phi) is 11.4. The van der Waals surface area contributed by atoms with Crippen LogP contribution in [-0.2, 0) is 21.3 Å². The van der Waals surface area contributed by atoms with Gasteiger partial charge in [0.25, 0.3) is 15.9 Å². The van der Waals surface area contributed by atoms with E-state index in [4.69, 9.17) is 14.5 Å². The lowest BCUT2D eigenvalue weighted by molar-refractivity contribution is 0.0509. The number of hydrogen-bond acceptors (Lipinski definition) is 9. The number of hydrogen-bond donors (Lipinski definition) is 1. The Morgan fingerprint density at radius 1 is 0.943 bits per heavy atom. The monoisotopic (exact) mass is 740 g/mol. The number of aromatic nitrogens is 3. The molecule has 53 heavy (non-hydrogen) atoms. The van der Waals surface area contributed by atoms with Gasteiger partial charge in [-0.3, -0.25) is 4.79 Å². The number of sulfonamides is 1. The van der Waals surface area contributed by atoms with Crippen LogP contribution in [0.1, 0.15) is 81.1 Å². The lowest BCUT2D eigenvalue weighted by Gasteiger charge is -2.36. The number of carbonyl (C=O) groups excluding carboxylic acids is 1. The van der Waals surface area contributed by atoms with Gasteiger partial charge in [-0.05, 0) is 99.7 Å². The summed E-state index contributed by atoms with van der Waals surface area (Å²) in [6.45, 7) is 17.4. The van der Waals surface area contributed by atoms with Crippen LogP contribution in [0.2, 0.25) is 0 Å². The summed E-state index contributed by atoms with van der Waals surface area (Å²) in [6, 6.07) is 19.6. The molecule has 4 bridgehead atoms. The Hall–Kier alpha value is -4.55. The first-order valence-electron chi connectivity index (χ1n) is 18.5. The van der Waals surface area contributed by atoms with Crippen molar-refractivity contribution in [3.8, 4) is 17.1 Å². The molecular weight excluding hydrogens is 689 g/mol. The molecule has 2 aliphatic rings. The van der Waals surface area contributed by atoms with E-state index in [0.29, 0.717) is 18.0 Å². The second kappa shape index (κ2) is 15.8. The summed E-state index contributed by atoms with van der Waals surface area (Å²) in [5.74, 6) is 1.15. The van der Waals surface area contributed by atoms with Crippen LogP contribution in [0.15, 0.2) is 71.6 Å². The van der Waals surface area contributed by atoms with Gasteiger partial charge in [0.15, 0.2) is 0 Å².